The van der Waals surface area contributed by atoms with Gasteiger partial charge in [0.2, 0.25) is 15.9 Å². The number of benzene rings is 1. The number of nitrogens with one attached hydrogen (secondary N) is 1. The summed E-state index contributed by atoms with van der Waals surface area (Å²) >= 11 is 0. The highest BCUT2D eigenvalue weighted by molar-refractivity contribution is 7.89. The van der Waals surface area contributed by atoms with Crippen LogP contribution in [0.1, 0.15) is 39.0 Å². The summed E-state index contributed by atoms with van der Waals surface area (Å²) in [6, 6.07) is 6.41. The first-order chi connectivity index (χ1) is 10.0. The molecule has 21 heavy (non-hydrogen) atoms. The fourth-order valence-electron chi connectivity index (χ4n) is 2.35. The van der Waals surface area contributed by atoms with Gasteiger partial charge in [0, 0.05) is 25.2 Å². The Kier molecular flexibility index (Phi) is 5.36. The summed E-state index contributed by atoms with van der Waals surface area (Å²) in [6.45, 7) is 3.22. The smallest absolute Gasteiger partial charge is 0.243 e. The summed E-state index contributed by atoms with van der Waals surface area (Å²) in [6.07, 6.45) is 4.16. The highest BCUT2D eigenvalue weighted by Crippen LogP contribution is 2.22. The number of carbonyl (C=O) groups is 1. The Hall–Kier alpha value is -1.40. The first kappa shape index (κ1) is 16.0. The van der Waals surface area contributed by atoms with Crippen LogP contribution in [0, 0.1) is 0 Å². The van der Waals surface area contributed by atoms with E-state index in [0.717, 1.165) is 25.7 Å². The van der Waals surface area contributed by atoms with E-state index in [-0.39, 0.29) is 10.8 Å². The zero-order valence-corrected chi connectivity index (χ0v) is 13.2. The van der Waals surface area contributed by atoms with Crippen molar-refractivity contribution >= 4 is 21.6 Å². The maximum atomic E-state index is 12.3. The Morgan fingerprint density at radius 3 is 2.38 bits per heavy atom. The minimum Gasteiger partial charge on any atom is -0.326 e. The zero-order valence-electron chi connectivity index (χ0n) is 12.3. The predicted octanol–water partition coefficient (Wildman–Crippen LogP) is 2.60. The number of anilines is 1. The molecule has 116 valence electrons. The third-order valence-corrected chi connectivity index (χ3v) is 5.51. The van der Waals surface area contributed by atoms with E-state index in [0.29, 0.717) is 25.2 Å². The van der Waals surface area contributed by atoms with E-state index in [1.165, 1.54) is 4.31 Å². The second-order valence-corrected chi connectivity index (χ2v) is 7.23. The molecule has 0 spiro atoms. The van der Waals surface area contributed by atoms with E-state index in [2.05, 4.69) is 5.32 Å². The average Bonchev–Trinajstić information content (AvgIpc) is 3.00. The van der Waals surface area contributed by atoms with E-state index in [1.54, 1.807) is 24.3 Å². The third-order valence-electron chi connectivity index (χ3n) is 3.60. The van der Waals surface area contributed by atoms with Crippen molar-refractivity contribution in [3.05, 3.63) is 24.3 Å². The second kappa shape index (κ2) is 7.04. The van der Waals surface area contributed by atoms with E-state index in [1.807, 2.05) is 6.92 Å². The fourth-order valence-corrected chi connectivity index (χ4v) is 3.87. The summed E-state index contributed by atoms with van der Waals surface area (Å²) in [5.74, 6) is -0.0352. The lowest BCUT2D eigenvalue weighted by Crippen LogP contribution is -2.27. The predicted molar refractivity (Wildman–Crippen MR) is 82.6 cm³/mol. The average molecular weight is 310 g/mol. The molecule has 0 saturated carbocycles. The maximum Gasteiger partial charge on any atom is 0.243 e. The monoisotopic (exact) mass is 310 g/mol. The van der Waals surface area contributed by atoms with E-state index in [4.69, 9.17) is 0 Å². The largest absolute Gasteiger partial charge is 0.326 e. The van der Waals surface area contributed by atoms with Gasteiger partial charge < -0.3 is 5.32 Å². The van der Waals surface area contributed by atoms with Gasteiger partial charge in [-0.3, -0.25) is 4.79 Å². The Bertz CT molecular complexity index is 575. The van der Waals surface area contributed by atoms with E-state index < -0.39 is 10.0 Å². The standard InChI is InChI=1S/C15H22N2O3S/c1-2-3-6-15(18)16-13-7-9-14(10-8-13)21(19,20)17-11-4-5-12-17/h7-10H,2-6,11-12H2,1H3,(H,16,18). The van der Waals surface area contributed by atoms with Crippen LogP contribution in [0.3, 0.4) is 0 Å². The number of unbranched alkanes of at least 4 members (excludes halogenated alkanes) is 1. The SMILES string of the molecule is CCCCC(=O)Nc1ccc(S(=O)(=O)N2CCCC2)cc1. The zero-order chi connectivity index (χ0) is 15.3. The molecule has 0 radical (unpaired) electrons. The molecular formula is C15H22N2O3S. The Labute approximate surface area is 126 Å². The lowest BCUT2D eigenvalue weighted by molar-refractivity contribution is -0.116. The molecule has 0 aromatic heterocycles. The molecule has 1 aliphatic rings. The van der Waals surface area contributed by atoms with Crippen LogP contribution in [0.4, 0.5) is 5.69 Å². The van der Waals surface area contributed by atoms with Crippen LogP contribution in [0.25, 0.3) is 0 Å². The van der Waals surface area contributed by atoms with Gasteiger partial charge in [0.15, 0.2) is 0 Å². The van der Waals surface area contributed by atoms with Crippen LogP contribution in [0.5, 0.6) is 0 Å². The number of carbonyl (C=O) groups excluding carboxylic acids is 1. The minimum atomic E-state index is -3.38. The molecule has 0 bridgehead atoms. The van der Waals surface area contributed by atoms with Gasteiger partial charge in [-0.2, -0.15) is 4.31 Å². The molecule has 1 aromatic carbocycles. The Morgan fingerprint density at radius 2 is 1.81 bits per heavy atom. The molecule has 1 N–H and O–H groups in total. The van der Waals surface area contributed by atoms with Crippen LogP contribution < -0.4 is 5.32 Å². The van der Waals surface area contributed by atoms with Gasteiger partial charge in [0.25, 0.3) is 0 Å². The number of nitrogens with zero attached hydrogens (tertiary/aromatic N) is 1. The number of hydrogen-bond donors (Lipinski definition) is 1. The summed E-state index contributed by atoms with van der Waals surface area (Å²) < 4.78 is 26.2. The number of rotatable bonds is 6. The van der Waals surface area contributed by atoms with Gasteiger partial charge in [0.1, 0.15) is 0 Å². The first-order valence-electron chi connectivity index (χ1n) is 7.44. The van der Waals surface area contributed by atoms with Crippen LogP contribution in [-0.2, 0) is 14.8 Å². The van der Waals surface area contributed by atoms with Gasteiger partial charge in [-0.1, -0.05) is 13.3 Å². The molecule has 0 unspecified atom stereocenters. The van der Waals surface area contributed by atoms with E-state index >= 15 is 0 Å². The van der Waals surface area contributed by atoms with Crippen LogP contribution in [0.15, 0.2) is 29.2 Å². The topological polar surface area (TPSA) is 66.5 Å². The molecule has 1 aromatic rings. The first-order valence-corrected chi connectivity index (χ1v) is 8.88. The highest BCUT2D eigenvalue weighted by Gasteiger charge is 2.26. The van der Waals surface area contributed by atoms with Gasteiger partial charge in [-0.15, -0.1) is 0 Å². The molecule has 0 aliphatic carbocycles. The Morgan fingerprint density at radius 1 is 1.19 bits per heavy atom. The van der Waals surface area contributed by atoms with Crippen molar-refractivity contribution < 1.29 is 13.2 Å². The van der Waals surface area contributed by atoms with Gasteiger partial charge in [-0.05, 0) is 43.5 Å². The molecule has 5 nitrogen and oxygen atoms in total. The molecular weight excluding hydrogens is 288 g/mol. The second-order valence-electron chi connectivity index (χ2n) is 5.29. The summed E-state index contributed by atoms with van der Waals surface area (Å²) in [7, 11) is -3.38. The minimum absolute atomic E-state index is 0.0352. The van der Waals surface area contributed by atoms with Crippen molar-refractivity contribution in [3.8, 4) is 0 Å². The number of hydrogen-bond acceptors (Lipinski definition) is 3. The molecule has 1 aliphatic heterocycles. The summed E-state index contributed by atoms with van der Waals surface area (Å²) in [5, 5.41) is 2.78. The van der Waals surface area contributed by atoms with Crippen LogP contribution >= 0.6 is 0 Å². The van der Waals surface area contributed by atoms with Crippen LogP contribution in [-0.4, -0.2) is 31.7 Å². The molecule has 1 amide bonds. The van der Waals surface area contributed by atoms with Crippen molar-refractivity contribution in [2.75, 3.05) is 18.4 Å². The number of sulfonamides is 1. The lowest BCUT2D eigenvalue weighted by atomic mass is 10.2. The molecule has 1 saturated heterocycles. The molecule has 1 fully saturated rings. The third kappa shape index (κ3) is 4.04. The normalized spacial score (nSPS) is 16.0. The summed E-state index contributed by atoms with van der Waals surface area (Å²) in [5.41, 5.74) is 0.636. The molecule has 6 heteroatoms. The molecule has 1 heterocycles. The van der Waals surface area contributed by atoms with Crippen molar-refractivity contribution in [3.63, 3.8) is 0 Å². The summed E-state index contributed by atoms with van der Waals surface area (Å²) in [4.78, 5) is 11.9. The highest BCUT2D eigenvalue weighted by atomic mass is 32.2. The van der Waals surface area contributed by atoms with Crippen molar-refractivity contribution in [2.24, 2.45) is 0 Å². The molecule has 0 atom stereocenters. The van der Waals surface area contributed by atoms with Crippen molar-refractivity contribution in [1.82, 2.24) is 4.31 Å². The van der Waals surface area contributed by atoms with Crippen molar-refractivity contribution in [2.45, 2.75) is 43.9 Å². The fraction of sp³-hybridized carbons (Fsp3) is 0.533. The van der Waals surface area contributed by atoms with E-state index in [9.17, 15) is 13.2 Å². The quantitative estimate of drug-likeness (QED) is 0.878. The lowest BCUT2D eigenvalue weighted by Gasteiger charge is -2.15. The number of amides is 1. The molecule has 2 rings (SSSR count). The Balaban J connectivity index is 2.03. The maximum absolute atomic E-state index is 12.3. The van der Waals surface area contributed by atoms with Gasteiger partial charge in [0.05, 0.1) is 4.90 Å². The van der Waals surface area contributed by atoms with Gasteiger partial charge in [-0.25, -0.2) is 8.42 Å². The van der Waals surface area contributed by atoms with Gasteiger partial charge >= 0.3 is 0 Å². The van der Waals surface area contributed by atoms with Crippen molar-refractivity contribution in [1.29, 1.82) is 0 Å². The van der Waals surface area contributed by atoms with Crippen LogP contribution in [0.2, 0.25) is 0 Å².